The molecule has 4 rings (SSSR count). The number of ether oxygens (including phenoxy) is 5. The van der Waals surface area contributed by atoms with Crippen LogP contribution in [0.3, 0.4) is 0 Å². The van der Waals surface area contributed by atoms with Gasteiger partial charge in [-0.05, 0) is 56.2 Å². The van der Waals surface area contributed by atoms with Gasteiger partial charge in [0.1, 0.15) is 5.75 Å². The van der Waals surface area contributed by atoms with Gasteiger partial charge in [0, 0.05) is 31.8 Å². The summed E-state index contributed by atoms with van der Waals surface area (Å²) in [6, 6.07) is 9.34. The van der Waals surface area contributed by atoms with E-state index < -0.39 is 0 Å². The molecule has 186 valence electrons. The highest BCUT2D eigenvalue weighted by Gasteiger charge is 2.45. The maximum Gasteiger partial charge on any atom is 0.302 e. The van der Waals surface area contributed by atoms with Crippen LogP contribution in [-0.4, -0.2) is 56.7 Å². The highest BCUT2D eigenvalue weighted by atomic mass is 16.7. The Kier molecular flexibility index (Phi) is 9.13. The fraction of sp³-hybridized carbons (Fsp3) is 0.630. The van der Waals surface area contributed by atoms with Crippen molar-refractivity contribution in [2.45, 2.75) is 63.9 Å². The second-order valence-electron chi connectivity index (χ2n) is 9.49. The molecule has 1 unspecified atom stereocenters. The van der Waals surface area contributed by atoms with Crippen molar-refractivity contribution in [2.75, 3.05) is 26.4 Å². The lowest BCUT2D eigenvalue weighted by Gasteiger charge is -2.29. The van der Waals surface area contributed by atoms with Gasteiger partial charge in [0.15, 0.2) is 18.7 Å². The largest absolute Gasteiger partial charge is 0.485 e. The van der Waals surface area contributed by atoms with Crippen LogP contribution in [0.15, 0.2) is 42.5 Å². The van der Waals surface area contributed by atoms with Crippen LogP contribution < -0.4 is 4.74 Å². The van der Waals surface area contributed by atoms with E-state index in [1.807, 2.05) is 36.4 Å². The molecule has 2 saturated heterocycles. The van der Waals surface area contributed by atoms with Crippen LogP contribution in [0.4, 0.5) is 0 Å². The molecule has 0 aromatic heterocycles. The molecule has 3 aliphatic rings. The minimum atomic E-state index is -0.262. The van der Waals surface area contributed by atoms with E-state index in [4.69, 9.17) is 23.7 Å². The van der Waals surface area contributed by atoms with Gasteiger partial charge in [-0.1, -0.05) is 24.3 Å². The van der Waals surface area contributed by atoms with E-state index in [1.54, 1.807) is 6.08 Å². The summed E-state index contributed by atoms with van der Waals surface area (Å²) in [7, 11) is 0. The van der Waals surface area contributed by atoms with E-state index in [0.717, 1.165) is 45.1 Å². The summed E-state index contributed by atoms with van der Waals surface area (Å²) < 4.78 is 29.3. The van der Waals surface area contributed by atoms with E-state index in [9.17, 15) is 9.59 Å². The quantitative estimate of drug-likeness (QED) is 0.395. The van der Waals surface area contributed by atoms with Gasteiger partial charge in [0.25, 0.3) is 0 Å². The third-order valence-electron chi connectivity index (χ3n) is 6.94. The third-order valence-corrected chi connectivity index (χ3v) is 6.94. The predicted octanol–water partition coefficient (Wildman–Crippen LogP) is 4.10. The number of hydrogen-bond donors (Lipinski definition) is 0. The topological polar surface area (TPSA) is 80.3 Å². The van der Waals surface area contributed by atoms with Crippen LogP contribution >= 0.6 is 0 Å². The highest BCUT2D eigenvalue weighted by molar-refractivity contribution is 5.91. The molecule has 6 atom stereocenters. The van der Waals surface area contributed by atoms with E-state index in [2.05, 4.69) is 0 Å². The molecule has 34 heavy (non-hydrogen) atoms. The Bertz CT molecular complexity index is 818. The van der Waals surface area contributed by atoms with Crippen molar-refractivity contribution >= 4 is 11.8 Å². The van der Waals surface area contributed by atoms with Crippen molar-refractivity contribution in [1.82, 2.24) is 0 Å². The Morgan fingerprint density at radius 2 is 1.94 bits per heavy atom. The van der Waals surface area contributed by atoms with Gasteiger partial charge in [-0.2, -0.15) is 0 Å². The Labute approximate surface area is 201 Å². The lowest BCUT2D eigenvalue weighted by molar-refractivity contribution is -0.193. The molecule has 1 saturated carbocycles. The standard InChI is InChI=1S/C27H36O7/c1-19(28)31-16-20-10-12-23-24(13-11-21(29)18-32-22-7-3-2-4-8-22)26(15-25(23)33-17-20)34-27-9-5-6-14-30-27/h2-4,7-8,11,13,20,23-27H,5-6,9-10,12,14-18H2,1H3/b13-11+/t20-,23-,24-,25+,26-,27?/m1/s1. The van der Waals surface area contributed by atoms with Crippen LogP contribution in [0.2, 0.25) is 0 Å². The molecule has 1 aromatic carbocycles. The number of carbonyl (C=O) groups is 2. The third kappa shape index (κ3) is 7.14. The average Bonchev–Trinajstić information content (AvgIpc) is 3.04. The number of rotatable bonds is 9. The van der Waals surface area contributed by atoms with Crippen molar-refractivity contribution in [3.63, 3.8) is 0 Å². The smallest absolute Gasteiger partial charge is 0.302 e. The highest BCUT2D eigenvalue weighted by Crippen LogP contribution is 2.43. The number of para-hydroxylation sites is 1. The Balaban J connectivity index is 1.39. The molecule has 2 heterocycles. The SMILES string of the molecule is CC(=O)OC[C@H]1CC[C@@H]2[C@@H](/C=C/C(=O)COc3ccccc3)[C@H](OC3CCCCO3)C[C@@H]2OC1. The zero-order valence-corrected chi connectivity index (χ0v) is 19.9. The van der Waals surface area contributed by atoms with Gasteiger partial charge < -0.3 is 23.7 Å². The van der Waals surface area contributed by atoms with E-state index in [1.165, 1.54) is 6.92 Å². The summed E-state index contributed by atoms with van der Waals surface area (Å²) in [5.41, 5.74) is 0. The maximum absolute atomic E-state index is 12.5. The van der Waals surface area contributed by atoms with Crippen LogP contribution in [0.1, 0.15) is 45.4 Å². The van der Waals surface area contributed by atoms with Crippen molar-refractivity contribution in [3.8, 4) is 5.75 Å². The second kappa shape index (κ2) is 12.5. The average molecular weight is 473 g/mol. The normalized spacial score (nSPS) is 31.6. The fourth-order valence-corrected chi connectivity index (χ4v) is 5.16. The molecular formula is C27H36O7. The molecule has 1 aromatic rings. The van der Waals surface area contributed by atoms with Crippen LogP contribution in [0.5, 0.6) is 5.75 Å². The molecule has 7 heteroatoms. The molecule has 2 aliphatic heterocycles. The zero-order valence-electron chi connectivity index (χ0n) is 19.9. The van der Waals surface area contributed by atoms with Crippen LogP contribution in [0, 0.1) is 17.8 Å². The van der Waals surface area contributed by atoms with Crippen molar-refractivity contribution in [3.05, 3.63) is 42.5 Å². The van der Waals surface area contributed by atoms with Crippen molar-refractivity contribution in [1.29, 1.82) is 0 Å². The first-order valence-corrected chi connectivity index (χ1v) is 12.5. The summed E-state index contributed by atoms with van der Waals surface area (Å²) in [6.07, 6.45) is 9.14. The molecule has 0 amide bonds. The van der Waals surface area contributed by atoms with E-state index >= 15 is 0 Å². The molecule has 1 aliphatic carbocycles. The molecule has 0 radical (unpaired) electrons. The lowest BCUT2D eigenvalue weighted by Crippen LogP contribution is -2.31. The van der Waals surface area contributed by atoms with Gasteiger partial charge in [-0.15, -0.1) is 0 Å². The van der Waals surface area contributed by atoms with Crippen molar-refractivity contribution in [2.24, 2.45) is 17.8 Å². The summed E-state index contributed by atoms with van der Waals surface area (Å²) in [5.74, 6) is 0.835. The number of hydrogen-bond acceptors (Lipinski definition) is 7. The van der Waals surface area contributed by atoms with Gasteiger partial charge in [0.05, 0.1) is 25.4 Å². The number of benzene rings is 1. The van der Waals surface area contributed by atoms with Crippen LogP contribution in [0.25, 0.3) is 0 Å². The molecule has 0 spiro atoms. The number of carbonyl (C=O) groups excluding carboxylic acids is 2. The van der Waals surface area contributed by atoms with E-state index in [0.29, 0.717) is 19.0 Å². The molecular weight excluding hydrogens is 436 g/mol. The molecule has 3 fully saturated rings. The number of ketones is 1. The Morgan fingerprint density at radius 3 is 2.71 bits per heavy atom. The predicted molar refractivity (Wildman–Crippen MR) is 125 cm³/mol. The molecule has 0 N–H and O–H groups in total. The van der Waals surface area contributed by atoms with Gasteiger partial charge in [-0.3, -0.25) is 9.59 Å². The lowest BCUT2D eigenvalue weighted by atomic mass is 9.87. The van der Waals surface area contributed by atoms with E-state index in [-0.39, 0.29) is 54.6 Å². The Morgan fingerprint density at radius 1 is 1.09 bits per heavy atom. The monoisotopic (exact) mass is 472 g/mol. The number of esters is 1. The maximum atomic E-state index is 12.5. The Hall–Kier alpha value is -2.22. The number of fused-ring (bicyclic) bond motifs is 1. The summed E-state index contributed by atoms with van der Waals surface area (Å²) in [5, 5.41) is 0. The first kappa shape index (κ1) is 24.9. The van der Waals surface area contributed by atoms with Gasteiger partial charge in [-0.25, -0.2) is 0 Å². The second-order valence-corrected chi connectivity index (χ2v) is 9.49. The first-order valence-electron chi connectivity index (χ1n) is 12.5. The summed E-state index contributed by atoms with van der Waals surface area (Å²) in [4.78, 5) is 23.7. The summed E-state index contributed by atoms with van der Waals surface area (Å²) >= 11 is 0. The van der Waals surface area contributed by atoms with Gasteiger partial charge in [0.2, 0.25) is 0 Å². The molecule has 7 nitrogen and oxygen atoms in total. The molecule has 0 bridgehead atoms. The summed E-state index contributed by atoms with van der Waals surface area (Å²) in [6.45, 7) is 3.12. The zero-order chi connectivity index (χ0) is 23.8. The van der Waals surface area contributed by atoms with Gasteiger partial charge >= 0.3 is 5.97 Å². The van der Waals surface area contributed by atoms with Crippen molar-refractivity contribution < 1.29 is 33.3 Å². The fourth-order valence-electron chi connectivity index (χ4n) is 5.16. The minimum Gasteiger partial charge on any atom is -0.485 e. The van der Waals surface area contributed by atoms with Crippen LogP contribution in [-0.2, 0) is 28.5 Å². The minimum absolute atomic E-state index is 0.000449. The first-order chi connectivity index (χ1) is 16.6.